The van der Waals surface area contributed by atoms with Crippen molar-refractivity contribution >= 4 is 22.5 Å². The van der Waals surface area contributed by atoms with Crippen molar-refractivity contribution in [3.05, 3.63) is 63.7 Å². The maximum Gasteiger partial charge on any atom is 0.197 e. The summed E-state index contributed by atoms with van der Waals surface area (Å²) in [6.07, 6.45) is 3.37. The van der Waals surface area contributed by atoms with Gasteiger partial charge in [-0.2, -0.15) is 0 Å². The number of rotatable bonds is 1. The molecule has 2 aromatic heterocycles. The van der Waals surface area contributed by atoms with Crippen LogP contribution in [0.5, 0.6) is 0 Å². The standard InChI is InChI=1S/C15H11ClN2O/c1-9-14(10-3-2-6-17-8-10)15(19)12-7-11(16)4-5-13(12)18-9/h2-8H,1H3,(H,18,19). The maximum atomic E-state index is 12.6. The van der Waals surface area contributed by atoms with Crippen molar-refractivity contribution in [2.24, 2.45) is 0 Å². The summed E-state index contributed by atoms with van der Waals surface area (Å²) in [5, 5.41) is 1.15. The lowest BCUT2D eigenvalue weighted by molar-refractivity contribution is 1.23. The van der Waals surface area contributed by atoms with Gasteiger partial charge in [0.2, 0.25) is 0 Å². The third-order valence-corrected chi connectivity index (χ3v) is 3.34. The molecule has 0 fully saturated rings. The molecular formula is C15H11ClN2O. The highest BCUT2D eigenvalue weighted by atomic mass is 35.5. The number of hydrogen-bond donors (Lipinski definition) is 1. The molecule has 1 N–H and O–H groups in total. The van der Waals surface area contributed by atoms with Gasteiger partial charge in [-0.25, -0.2) is 0 Å². The molecule has 0 amide bonds. The van der Waals surface area contributed by atoms with Crippen LogP contribution in [0.1, 0.15) is 5.69 Å². The number of H-pyrrole nitrogens is 1. The summed E-state index contributed by atoms with van der Waals surface area (Å²) in [7, 11) is 0. The van der Waals surface area contributed by atoms with E-state index in [9.17, 15) is 4.79 Å². The number of aryl methyl sites for hydroxylation is 1. The van der Waals surface area contributed by atoms with Crippen molar-refractivity contribution in [2.75, 3.05) is 0 Å². The number of hydrogen-bond acceptors (Lipinski definition) is 2. The van der Waals surface area contributed by atoms with Crippen LogP contribution in [0.2, 0.25) is 5.02 Å². The summed E-state index contributed by atoms with van der Waals surface area (Å²) >= 11 is 5.96. The average Bonchev–Trinajstić information content (AvgIpc) is 2.41. The summed E-state index contributed by atoms with van der Waals surface area (Å²) in [4.78, 5) is 19.9. The number of halogens is 1. The molecule has 3 nitrogen and oxygen atoms in total. The van der Waals surface area contributed by atoms with Crippen LogP contribution in [0.3, 0.4) is 0 Å². The highest BCUT2D eigenvalue weighted by Gasteiger charge is 2.11. The normalized spacial score (nSPS) is 10.8. The van der Waals surface area contributed by atoms with E-state index in [1.165, 1.54) is 0 Å². The zero-order valence-electron chi connectivity index (χ0n) is 10.3. The Hall–Kier alpha value is -2.13. The number of fused-ring (bicyclic) bond motifs is 1. The van der Waals surface area contributed by atoms with E-state index in [4.69, 9.17) is 11.6 Å². The SMILES string of the molecule is Cc1[nH]c2ccc(Cl)cc2c(=O)c1-c1cccnc1. The number of aromatic amines is 1. The van der Waals surface area contributed by atoms with Gasteiger partial charge < -0.3 is 4.98 Å². The lowest BCUT2D eigenvalue weighted by Gasteiger charge is -2.08. The summed E-state index contributed by atoms with van der Waals surface area (Å²) in [6, 6.07) is 8.97. The lowest BCUT2D eigenvalue weighted by Crippen LogP contribution is -2.09. The van der Waals surface area contributed by atoms with Gasteiger partial charge in [-0.05, 0) is 31.2 Å². The zero-order chi connectivity index (χ0) is 13.4. The maximum absolute atomic E-state index is 12.6. The van der Waals surface area contributed by atoms with Gasteiger partial charge in [-0.3, -0.25) is 9.78 Å². The Balaban J connectivity index is 2.41. The second kappa shape index (κ2) is 4.52. The molecule has 0 aliphatic carbocycles. The summed E-state index contributed by atoms with van der Waals surface area (Å²) in [5.41, 5.74) is 3.04. The van der Waals surface area contributed by atoms with E-state index in [2.05, 4.69) is 9.97 Å². The fourth-order valence-electron chi connectivity index (χ4n) is 2.24. The third kappa shape index (κ3) is 2.02. The molecule has 0 bridgehead atoms. The molecule has 3 aromatic rings. The van der Waals surface area contributed by atoms with Crippen molar-refractivity contribution in [1.82, 2.24) is 9.97 Å². The minimum atomic E-state index is -0.0262. The van der Waals surface area contributed by atoms with Crippen LogP contribution in [0.4, 0.5) is 0 Å². The minimum absolute atomic E-state index is 0.0262. The average molecular weight is 271 g/mol. The Morgan fingerprint density at radius 1 is 1.26 bits per heavy atom. The fraction of sp³-hybridized carbons (Fsp3) is 0.0667. The van der Waals surface area contributed by atoms with Gasteiger partial charge in [0, 0.05) is 39.6 Å². The van der Waals surface area contributed by atoms with E-state index >= 15 is 0 Å². The molecule has 0 saturated heterocycles. The molecule has 3 rings (SSSR count). The first-order valence-corrected chi connectivity index (χ1v) is 6.27. The Kier molecular flexibility index (Phi) is 2.84. The highest BCUT2D eigenvalue weighted by Crippen LogP contribution is 2.22. The van der Waals surface area contributed by atoms with Crippen LogP contribution in [0.25, 0.3) is 22.0 Å². The second-order valence-electron chi connectivity index (χ2n) is 4.39. The monoisotopic (exact) mass is 270 g/mol. The van der Waals surface area contributed by atoms with Crippen molar-refractivity contribution in [3.8, 4) is 11.1 Å². The van der Waals surface area contributed by atoms with Gasteiger partial charge in [0.25, 0.3) is 0 Å². The number of nitrogens with zero attached hydrogens (tertiary/aromatic N) is 1. The molecule has 94 valence electrons. The van der Waals surface area contributed by atoms with Crippen LogP contribution >= 0.6 is 11.6 Å². The highest BCUT2D eigenvalue weighted by molar-refractivity contribution is 6.31. The van der Waals surface area contributed by atoms with Crippen molar-refractivity contribution in [2.45, 2.75) is 6.92 Å². The Morgan fingerprint density at radius 2 is 2.11 bits per heavy atom. The van der Waals surface area contributed by atoms with Crippen LogP contribution in [-0.2, 0) is 0 Å². The quantitative estimate of drug-likeness (QED) is 0.735. The molecule has 0 spiro atoms. The predicted octanol–water partition coefficient (Wildman–Crippen LogP) is 3.55. The first-order valence-electron chi connectivity index (χ1n) is 5.89. The number of pyridine rings is 2. The van der Waals surface area contributed by atoms with E-state index in [0.29, 0.717) is 16.0 Å². The minimum Gasteiger partial charge on any atom is -0.358 e. The van der Waals surface area contributed by atoms with Crippen molar-refractivity contribution < 1.29 is 0 Å². The molecule has 0 unspecified atom stereocenters. The molecular weight excluding hydrogens is 260 g/mol. The Bertz CT molecular complexity index is 809. The van der Waals surface area contributed by atoms with Crippen LogP contribution < -0.4 is 5.43 Å². The molecule has 0 aliphatic heterocycles. The van der Waals surface area contributed by atoms with Gasteiger partial charge >= 0.3 is 0 Å². The van der Waals surface area contributed by atoms with E-state index < -0.39 is 0 Å². The Morgan fingerprint density at radius 3 is 2.84 bits per heavy atom. The van der Waals surface area contributed by atoms with Crippen molar-refractivity contribution in [3.63, 3.8) is 0 Å². The summed E-state index contributed by atoms with van der Waals surface area (Å²) in [5.74, 6) is 0. The third-order valence-electron chi connectivity index (χ3n) is 3.10. The van der Waals surface area contributed by atoms with Crippen LogP contribution in [0, 0.1) is 6.92 Å². The first kappa shape index (κ1) is 11.9. The second-order valence-corrected chi connectivity index (χ2v) is 4.82. The van der Waals surface area contributed by atoms with Gasteiger partial charge in [-0.15, -0.1) is 0 Å². The number of nitrogens with one attached hydrogen (secondary N) is 1. The Labute approximate surface area is 114 Å². The topological polar surface area (TPSA) is 45.8 Å². The van der Waals surface area contributed by atoms with Gasteiger partial charge in [0.15, 0.2) is 5.43 Å². The van der Waals surface area contributed by atoms with Gasteiger partial charge in [-0.1, -0.05) is 17.7 Å². The van der Waals surface area contributed by atoms with Crippen molar-refractivity contribution in [1.29, 1.82) is 0 Å². The van der Waals surface area contributed by atoms with Crippen LogP contribution in [0.15, 0.2) is 47.5 Å². The van der Waals surface area contributed by atoms with E-state index in [0.717, 1.165) is 16.8 Å². The number of aromatic nitrogens is 2. The molecule has 0 atom stereocenters. The molecule has 4 heteroatoms. The van der Waals surface area contributed by atoms with Crippen LogP contribution in [-0.4, -0.2) is 9.97 Å². The summed E-state index contributed by atoms with van der Waals surface area (Å²) in [6.45, 7) is 1.89. The molecule has 0 saturated carbocycles. The lowest BCUT2D eigenvalue weighted by atomic mass is 10.0. The van der Waals surface area contributed by atoms with Gasteiger partial charge in [0.1, 0.15) is 0 Å². The smallest absolute Gasteiger partial charge is 0.197 e. The van der Waals surface area contributed by atoms with E-state index in [1.807, 2.05) is 25.1 Å². The molecule has 2 heterocycles. The summed E-state index contributed by atoms with van der Waals surface area (Å²) < 4.78 is 0. The molecule has 19 heavy (non-hydrogen) atoms. The predicted molar refractivity (Wildman–Crippen MR) is 77.5 cm³/mol. The number of benzene rings is 1. The zero-order valence-corrected chi connectivity index (χ0v) is 11.0. The molecule has 0 radical (unpaired) electrons. The first-order chi connectivity index (χ1) is 9.16. The molecule has 1 aromatic carbocycles. The van der Waals surface area contributed by atoms with E-state index in [-0.39, 0.29) is 5.43 Å². The van der Waals surface area contributed by atoms with Gasteiger partial charge in [0.05, 0.1) is 5.56 Å². The largest absolute Gasteiger partial charge is 0.358 e. The molecule has 0 aliphatic rings. The van der Waals surface area contributed by atoms with E-state index in [1.54, 1.807) is 24.5 Å². The fourth-order valence-corrected chi connectivity index (χ4v) is 2.41.